The Morgan fingerprint density at radius 3 is 2.33 bits per heavy atom. The van der Waals surface area contributed by atoms with Crippen molar-refractivity contribution < 1.29 is 4.79 Å². The fourth-order valence-electron chi connectivity index (χ4n) is 2.16. The first-order chi connectivity index (χ1) is 6.95. The number of hydrogen-bond donors (Lipinski definition) is 0. The highest BCUT2D eigenvalue weighted by Crippen LogP contribution is 2.54. The molecule has 0 N–H and O–H groups in total. The summed E-state index contributed by atoms with van der Waals surface area (Å²) in [6, 6.07) is 0. The van der Waals surface area contributed by atoms with Crippen LogP contribution in [0.25, 0.3) is 0 Å². The monoisotopic (exact) mass is 209 g/mol. The maximum Gasteiger partial charge on any atom is 0.229 e. The van der Waals surface area contributed by atoms with E-state index in [1.165, 1.54) is 5.57 Å². The number of carbonyl (C=O) groups is 1. The zero-order valence-electron chi connectivity index (χ0n) is 10.6. The van der Waals surface area contributed by atoms with E-state index in [2.05, 4.69) is 26.8 Å². The summed E-state index contributed by atoms with van der Waals surface area (Å²) < 4.78 is 0. The van der Waals surface area contributed by atoms with Crippen molar-refractivity contribution in [1.82, 2.24) is 4.90 Å². The van der Waals surface area contributed by atoms with E-state index in [0.717, 1.165) is 19.5 Å². The van der Waals surface area contributed by atoms with Gasteiger partial charge in [0.1, 0.15) is 0 Å². The Hall–Kier alpha value is -0.790. The highest BCUT2D eigenvalue weighted by molar-refractivity contribution is 5.86. The van der Waals surface area contributed by atoms with Gasteiger partial charge in [-0.3, -0.25) is 4.79 Å². The summed E-state index contributed by atoms with van der Waals surface area (Å²) >= 11 is 0. The van der Waals surface area contributed by atoms with Crippen molar-refractivity contribution >= 4 is 5.91 Å². The van der Waals surface area contributed by atoms with E-state index in [1.54, 1.807) is 0 Å². The minimum Gasteiger partial charge on any atom is -0.343 e. The fraction of sp³-hybridized carbons (Fsp3) is 0.769. The standard InChI is InChI=1S/C13H23NO/c1-6-14(7-2)12(15)13(5)9-11(13)8-10(3)4/h8,11H,6-7,9H2,1-5H3/t11-,13+/m1/s1. The predicted octanol–water partition coefficient (Wildman–Crippen LogP) is 2.85. The molecule has 2 atom stereocenters. The van der Waals surface area contributed by atoms with Crippen LogP contribution in [-0.4, -0.2) is 23.9 Å². The van der Waals surface area contributed by atoms with Gasteiger partial charge < -0.3 is 4.90 Å². The third-order valence-electron chi connectivity index (χ3n) is 3.38. The number of rotatable bonds is 4. The summed E-state index contributed by atoms with van der Waals surface area (Å²) in [4.78, 5) is 14.1. The number of hydrogen-bond acceptors (Lipinski definition) is 1. The molecule has 0 aliphatic heterocycles. The Kier molecular flexibility index (Phi) is 3.58. The molecule has 2 heteroatoms. The second kappa shape index (κ2) is 4.38. The smallest absolute Gasteiger partial charge is 0.229 e. The lowest BCUT2D eigenvalue weighted by Gasteiger charge is -2.23. The Morgan fingerprint density at radius 1 is 1.40 bits per heavy atom. The van der Waals surface area contributed by atoms with Crippen LogP contribution in [0, 0.1) is 11.3 Å². The van der Waals surface area contributed by atoms with Crippen LogP contribution >= 0.6 is 0 Å². The molecule has 0 aromatic heterocycles. The van der Waals surface area contributed by atoms with Gasteiger partial charge in [-0.2, -0.15) is 0 Å². The molecule has 2 nitrogen and oxygen atoms in total. The lowest BCUT2D eigenvalue weighted by Crippen LogP contribution is -2.36. The second-order valence-corrected chi connectivity index (χ2v) is 4.95. The van der Waals surface area contributed by atoms with Gasteiger partial charge >= 0.3 is 0 Å². The maximum atomic E-state index is 12.2. The summed E-state index contributed by atoms with van der Waals surface area (Å²) in [5, 5.41) is 0. The predicted molar refractivity (Wildman–Crippen MR) is 63.6 cm³/mol. The molecule has 0 aromatic carbocycles. The van der Waals surface area contributed by atoms with E-state index in [0.29, 0.717) is 11.8 Å². The topological polar surface area (TPSA) is 20.3 Å². The fourth-order valence-corrected chi connectivity index (χ4v) is 2.16. The molecule has 0 radical (unpaired) electrons. The second-order valence-electron chi connectivity index (χ2n) is 4.95. The molecule has 0 spiro atoms. The molecule has 0 unspecified atom stereocenters. The van der Waals surface area contributed by atoms with Gasteiger partial charge in [0.05, 0.1) is 5.41 Å². The highest BCUT2D eigenvalue weighted by Gasteiger charge is 2.55. The molecule has 0 bridgehead atoms. The SMILES string of the molecule is CCN(CC)C(=O)[C@@]1(C)C[C@H]1C=C(C)C. The summed E-state index contributed by atoms with van der Waals surface area (Å²) in [7, 11) is 0. The Labute approximate surface area is 93.3 Å². The van der Waals surface area contributed by atoms with Crippen LogP contribution in [-0.2, 0) is 4.79 Å². The summed E-state index contributed by atoms with van der Waals surface area (Å²) in [5.41, 5.74) is 1.21. The van der Waals surface area contributed by atoms with E-state index in [4.69, 9.17) is 0 Å². The Balaban J connectivity index is 2.67. The van der Waals surface area contributed by atoms with Gasteiger partial charge in [0.2, 0.25) is 5.91 Å². The average molecular weight is 209 g/mol. The molecule has 1 aliphatic rings. The number of nitrogens with zero attached hydrogens (tertiary/aromatic N) is 1. The van der Waals surface area contributed by atoms with Crippen LogP contribution in [0.15, 0.2) is 11.6 Å². The third-order valence-corrected chi connectivity index (χ3v) is 3.38. The Morgan fingerprint density at radius 2 is 1.93 bits per heavy atom. The first-order valence-electron chi connectivity index (χ1n) is 5.90. The molecule has 1 fully saturated rings. The van der Waals surface area contributed by atoms with Crippen molar-refractivity contribution in [2.24, 2.45) is 11.3 Å². The zero-order valence-corrected chi connectivity index (χ0v) is 10.6. The van der Waals surface area contributed by atoms with Crippen LogP contribution in [0.3, 0.4) is 0 Å². The molecular formula is C13H23NO. The molecule has 0 saturated heterocycles. The average Bonchev–Trinajstić information content (AvgIpc) is 2.79. The minimum absolute atomic E-state index is 0.108. The number of amides is 1. The van der Waals surface area contributed by atoms with Crippen molar-refractivity contribution in [2.75, 3.05) is 13.1 Å². The summed E-state index contributed by atoms with van der Waals surface area (Å²) in [6.45, 7) is 12.0. The van der Waals surface area contributed by atoms with Crippen molar-refractivity contribution in [3.05, 3.63) is 11.6 Å². The van der Waals surface area contributed by atoms with Gasteiger partial charge in [0.15, 0.2) is 0 Å². The van der Waals surface area contributed by atoms with E-state index >= 15 is 0 Å². The van der Waals surface area contributed by atoms with Gasteiger partial charge in [0, 0.05) is 13.1 Å². The van der Waals surface area contributed by atoms with Crippen LogP contribution in [0.2, 0.25) is 0 Å². The van der Waals surface area contributed by atoms with Gasteiger partial charge in [-0.1, -0.05) is 18.6 Å². The molecular weight excluding hydrogens is 186 g/mol. The molecule has 1 rings (SSSR count). The molecule has 1 saturated carbocycles. The largest absolute Gasteiger partial charge is 0.343 e. The molecule has 1 amide bonds. The van der Waals surface area contributed by atoms with Crippen LogP contribution in [0.4, 0.5) is 0 Å². The van der Waals surface area contributed by atoms with Crippen molar-refractivity contribution in [3.8, 4) is 0 Å². The molecule has 86 valence electrons. The molecule has 0 aromatic rings. The van der Waals surface area contributed by atoms with E-state index in [1.807, 2.05) is 18.7 Å². The first kappa shape index (κ1) is 12.3. The number of carbonyl (C=O) groups excluding carboxylic acids is 1. The highest BCUT2D eigenvalue weighted by atomic mass is 16.2. The molecule has 15 heavy (non-hydrogen) atoms. The summed E-state index contributed by atoms with van der Waals surface area (Å²) in [6.07, 6.45) is 3.26. The lowest BCUT2D eigenvalue weighted by molar-refractivity contribution is -0.136. The molecule has 0 heterocycles. The van der Waals surface area contributed by atoms with E-state index in [-0.39, 0.29) is 5.41 Å². The van der Waals surface area contributed by atoms with Crippen LogP contribution in [0.1, 0.15) is 41.0 Å². The van der Waals surface area contributed by atoms with Crippen LogP contribution in [0.5, 0.6) is 0 Å². The van der Waals surface area contributed by atoms with Crippen molar-refractivity contribution in [1.29, 1.82) is 0 Å². The van der Waals surface area contributed by atoms with E-state index in [9.17, 15) is 4.79 Å². The lowest BCUT2D eigenvalue weighted by atomic mass is 10.0. The minimum atomic E-state index is -0.108. The van der Waals surface area contributed by atoms with Gasteiger partial charge in [0.25, 0.3) is 0 Å². The normalized spacial score (nSPS) is 28.5. The van der Waals surface area contributed by atoms with Gasteiger partial charge in [-0.15, -0.1) is 0 Å². The maximum absolute atomic E-state index is 12.2. The van der Waals surface area contributed by atoms with Gasteiger partial charge in [-0.05, 0) is 40.0 Å². The number of allylic oxidation sites excluding steroid dienone is 2. The summed E-state index contributed by atoms with van der Waals surface area (Å²) in [5.74, 6) is 0.797. The van der Waals surface area contributed by atoms with Crippen LogP contribution < -0.4 is 0 Å². The van der Waals surface area contributed by atoms with Crippen molar-refractivity contribution in [3.63, 3.8) is 0 Å². The van der Waals surface area contributed by atoms with Gasteiger partial charge in [-0.25, -0.2) is 0 Å². The van der Waals surface area contributed by atoms with E-state index < -0.39 is 0 Å². The first-order valence-corrected chi connectivity index (χ1v) is 5.90. The third kappa shape index (κ3) is 2.42. The Bertz CT molecular complexity index is 274. The quantitative estimate of drug-likeness (QED) is 0.652. The molecule has 1 aliphatic carbocycles. The zero-order chi connectivity index (χ0) is 11.6. The van der Waals surface area contributed by atoms with Crippen molar-refractivity contribution in [2.45, 2.75) is 41.0 Å².